The molecule has 0 atom stereocenters. The standard InChI is InChI=1S/C20H21F3N8O3S/c1-11-4-5-12(16(24)32)8-14(11)29-19-28-9-13(20(21,22)23)17(30-19)27-10-15-18(26-7-6-25-15)31(2)35(3,33)34/h4-9H,10H2,1-3H3,(H2,24,32)(H2,27,28,29,30). The van der Waals surface area contributed by atoms with Crippen molar-refractivity contribution in [1.29, 1.82) is 0 Å². The summed E-state index contributed by atoms with van der Waals surface area (Å²) in [5.74, 6) is -1.49. The van der Waals surface area contributed by atoms with Crippen LogP contribution >= 0.6 is 0 Å². The normalized spacial score (nSPS) is 11.7. The molecule has 35 heavy (non-hydrogen) atoms. The summed E-state index contributed by atoms with van der Waals surface area (Å²) in [6, 6.07) is 4.55. The molecule has 1 aromatic carbocycles. The van der Waals surface area contributed by atoms with Crippen LogP contribution in [0, 0.1) is 6.92 Å². The minimum atomic E-state index is -4.78. The number of carbonyl (C=O) groups excluding carboxylic acids is 1. The number of nitrogens with two attached hydrogens (primary N) is 1. The van der Waals surface area contributed by atoms with Gasteiger partial charge in [-0.15, -0.1) is 0 Å². The maximum absolute atomic E-state index is 13.6. The third-order valence-electron chi connectivity index (χ3n) is 4.83. The number of amides is 1. The maximum atomic E-state index is 13.6. The summed E-state index contributed by atoms with van der Waals surface area (Å²) in [6.45, 7) is 1.39. The highest BCUT2D eigenvalue weighted by Crippen LogP contribution is 2.34. The van der Waals surface area contributed by atoms with E-state index in [9.17, 15) is 26.4 Å². The molecular weight excluding hydrogens is 489 g/mol. The van der Waals surface area contributed by atoms with Crippen LogP contribution in [0.5, 0.6) is 0 Å². The quantitative estimate of drug-likeness (QED) is 0.414. The number of benzene rings is 1. The van der Waals surface area contributed by atoms with Gasteiger partial charge < -0.3 is 16.4 Å². The molecule has 186 valence electrons. The van der Waals surface area contributed by atoms with Crippen molar-refractivity contribution in [1.82, 2.24) is 19.9 Å². The fourth-order valence-corrected chi connectivity index (χ4v) is 3.35. The zero-order valence-corrected chi connectivity index (χ0v) is 19.6. The van der Waals surface area contributed by atoms with Crippen molar-refractivity contribution in [2.75, 3.05) is 28.2 Å². The number of rotatable bonds is 8. The number of hydrogen-bond acceptors (Lipinski definition) is 9. The van der Waals surface area contributed by atoms with Crippen molar-refractivity contribution in [2.24, 2.45) is 5.73 Å². The average Bonchev–Trinajstić information content (AvgIpc) is 2.77. The van der Waals surface area contributed by atoms with Crippen LogP contribution in [0.15, 0.2) is 36.8 Å². The Labute approximate surface area is 198 Å². The number of carbonyl (C=O) groups is 1. The Hall–Kier alpha value is -4.01. The first-order valence-corrected chi connectivity index (χ1v) is 11.7. The van der Waals surface area contributed by atoms with Crippen LogP contribution in [0.1, 0.15) is 27.2 Å². The molecule has 15 heteroatoms. The van der Waals surface area contributed by atoms with E-state index < -0.39 is 33.5 Å². The lowest BCUT2D eigenvalue weighted by Gasteiger charge is -2.19. The molecule has 0 bridgehead atoms. The van der Waals surface area contributed by atoms with Gasteiger partial charge in [0.05, 0.1) is 12.8 Å². The van der Waals surface area contributed by atoms with Crippen molar-refractivity contribution in [2.45, 2.75) is 19.6 Å². The summed E-state index contributed by atoms with van der Waals surface area (Å²) >= 11 is 0. The molecule has 0 saturated heterocycles. The van der Waals surface area contributed by atoms with E-state index in [1.54, 1.807) is 13.0 Å². The molecule has 0 radical (unpaired) electrons. The molecule has 0 spiro atoms. The Morgan fingerprint density at radius 1 is 1.17 bits per heavy atom. The van der Waals surface area contributed by atoms with Crippen LogP contribution in [0.4, 0.5) is 36.4 Å². The van der Waals surface area contributed by atoms with E-state index in [0.29, 0.717) is 17.4 Å². The average molecular weight is 511 g/mol. The maximum Gasteiger partial charge on any atom is 0.421 e. The Morgan fingerprint density at radius 2 is 1.86 bits per heavy atom. The lowest BCUT2D eigenvalue weighted by molar-refractivity contribution is -0.137. The van der Waals surface area contributed by atoms with Crippen molar-refractivity contribution in [3.63, 3.8) is 0 Å². The van der Waals surface area contributed by atoms with Gasteiger partial charge in [-0.1, -0.05) is 6.07 Å². The first-order chi connectivity index (χ1) is 16.3. The molecule has 4 N–H and O–H groups in total. The molecule has 3 rings (SSSR count). The van der Waals surface area contributed by atoms with Crippen molar-refractivity contribution in [3.05, 3.63) is 59.2 Å². The summed E-state index contributed by atoms with van der Waals surface area (Å²) in [7, 11) is -2.44. The zero-order chi connectivity index (χ0) is 26.0. The molecule has 1 amide bonds. The summed E-state index contributed by atoms with van der Waals surface area (Å²) in [4.78, 5) is 27.1. The van der Waals surface area contributed by atoms with E-state index in [2.05, 4.69) is 30.6 Å². The van der Waals surface area contributed by atoms with Crippen LogP contribution in [0.2, 0.25) is 0 Å². The Morgan fingerprint density at radius 3 is 2.49 bits per heavy atom. The second-order valence-electron chi connectivity index (χ2n) is 7.38. The first-order valence-electron chi connectivity index (χ1n) is 9.86. The van der Waals surface area contributed by atoms with E-state index in [1.807, 2.05) is 0 Å². The first kappa shape index (κ1) is 25.6. The lowest BCUT2D eigenvalue weighted by Crippen LogP contribution is -2.27. The van der Waals surface area contributed by atoms with Gasteiger partial charge in [0.25, 0.3) is 0 Å². The van der Waals surface area contributed by atoms with Gasteiger partial charge >= 0.3 is 6.18 Å². The van der Waals surface area contributed by atoms with E-state index in [4.69, 9.17) is 5.73 Å². The number of alkyl halides is 3. The third kappa shape index (κ3) is 6.11. The minimum absolute atomic E-state index is 0.0534. The second-order valence-corrected chi connectivity index (χ2v) is 9.40. The van der Waals surface area contributed by atoms with Gasteiger partial charge in [-0.2, -0.15) is 18.2 Å². The minimum Gasteiger partial charge on any atom is -0.366 e. The number of aryl methyl sites for hydroxylation is 1. The summed E-state index contributed by atoms with van der Waals surface area (Å²) in [6.07, 6.45) is -0.680. The highest BCUT2D eigenvalue weighted by Gasteiger charge is 2.35. The van der Waals surface area contributed by atoms with Crippen LogP contribution in [-0.4, -0.2) is 47.6 Å². The molecular formula is C20H21F3N8O3S. The van der Waals surface area contributed by atoms with Gasteiger partial charge in [0, 0.05) is 36.9 Å². The van der Waals surface area contributed by atoms with Gasteiger partial charge in [0.1, 0.15) is 17.1 Å². The fourth-order valence-electron chi connectivity index (χ4n) is 2.89. The number of primary amides is 1. The van der Waals surface area contributed by atoms with Crippen LogP contribution in [0.25, 0.3) is 0 Å². The molecule has 11 nitrogen and oxygen atoms in total. The topological polar surface area (TPSA) is 156 Å². The molecule has 0 aliphatic rings. The van der Waals surface area contributed by atoms with Gasteiger partial charge in [-0.25, -0.2) is 18.4 Å². The molecule has 0 unspecified atom stereocenters. The number of aromatic nitrogens is 4. The van der Waals surface area contributed by atoms with E-state index in [0.717, 1.165) is 10.6 Å². The van der Waals surface area contributed by atoms with Gasteiger partial charge in [-0.05, 0) is 24.6 Å². The van der Waals surface area contributed by atoms with Crippen LogP contribution in [-0.2, 0) is 22.7 Å². The predicted octanol–water partition coefficient (Wildman–Crippen LogP) is 2.44. The number of nitrogens with one attached hydrogen (secondary N) is 2. The number of anilines is 4. The van der Waals surface area contributed by atoms with Gasteiger partial charge in [-0.3, -0.25) is 14.1 Å². The predicted molar refractivity (Wildman–Crippen MR) is 123 cm³/mol. The molecule has 3 aromatic rings. The summed E-state index contributed by atoms with van der Waals surface area (Å²) in [5, 5.41) is 5.33. The number of hydrogen-bond donors (Lipinski definition) is 3. The summed E-state index contributed by atoms with van der Waals surface area (Å²) in [5.41, 5.74) is 5.45. The van der Waals surface area contributed by atoms with E-state index >= 15 is 0 Å². The second kappa shape index (κ2) is 9.69. The van der Waals surface area contributed by atoms with Crippen molar-refractivity contribution >= 4 is 39.2 Å². The highest BCUT2D eigenvalue weighted by atomic mass is 32.2. The van der Waals surface area contributed by atoms with Crippen molar-refractivity contribution < 1.29 is 26.4 Å². The molecule has 2 aromatic heterocycles. The van der Waals surface area contributed by atoms with Gasteiger partial charge in [0.15, 0.2) is 5.82 Å². The smallest absolute Gasteiger partial charge is 0.366 e. The van der Waals surface area contributed by atoms with Gasteiger partial charge in [0.2, 0.25) is 21.9 Å². The molecule has 0 aliphatic heterocycles. The molecule has 0 fully saturated rings. The molecule has 0 aliphatic carbocycles. The molecule has 2 heterocycles. The number of nitrogens with zero attached hydrogens (tertiary/aromatic N) is 5. The molecule has 0 saturated carbocycles. The monoisotopic (exact) mass is 510 g/mol. The van der Waals surface area contributed by atoms with E-state index in [-0.39, 0.29) is 29.6 Å². The fraction of sp³-hybridized carbons (Fsp3) is 0.250. The highest BCUT2D eigenvalue weighted by molar-refractivity contribution is 7.92. The van der Waals surface area contributed by atoms with Crippen molar-refractivity contribution in [3.8, 4) is 0 Å². The number of halogens is 3. The Kier molecular flexibility index (Phi) is 7.09. The van der Waals surface area contributed by atoms with E-state index in [1.165, 1.54) is 31.6 Å². The van der Waals surface area contributed by atoms with Crippen LogP contribution in [0.3, 0.4) is 0 Å². The SMILES string of the molecule is Cc1ccc(C(N)=O)cc1Nc1ncc(C(F)(F)F)c(NCc2nccnc2N(C)S(C)(=O)=O)n1. The Bertz CT molecular complexity index is 1370. The lowest BCUT2D eigenvalue weighted by atomic mass is 10.1. The third-order valence-corrected chi connectivity index (χ3v) is 6.00. The number of sulfonamides is 1. The Balaban J connectivity index is 1.95. The summed E-state index contributed by atoms with van der Waals surface area (Å²) < 4.78 is 65.4. The largest absolute Gasteiger partial charge is 0.421 e. The zero-order valence-electron chi connectivity index (χ0n) is 18.8. The van der Waals surface area contributed by atoms with Crippen LogP contribution < -0.4 is 20.7 Å².